The van der Waals surface area contributed by atoms with Crippen LogP contribution in [0.3, 0.4) is 0 Å². The van der Waals surface area contributed by atoms with E-state index in [1.54, 1.807) is 18.2 Å². The van der Waals surface area contributed by atoms with E-state index in [9.17, 15) is 9.59 Å². The van der Waals surface area contributed by atoms with E-state index in [1.807, 2.05) is 30.3 Å². The van der Waals surface area contributed by atoms with Crippen LogP contribution in [0.15, 0.2) is 48.5 Å². The minimum absolute atomic E-state index is 0.297. The van der Waals surface area contributed by atoms with Gasteiger partial charge in [-0.3, -0.25) is 4.79 Å². The number of ether oxygens (including phenoxy) is 1. The van der Waals surface area contributed by atoms with Crippen molar-refractivity contribution < 1.29 is 19.4 Å². The Labute approximate surface area is 110 Å². The molecule has 4 nitrogen and oxygen atoms in total. The molecule has 0 fully saturated rings. The van der Waals surface area contributed by atoms with E-state index >= 15 is 0 Å². The Morgan fingerprint density at radius 1 is 1.11 bits per heavy atom. The molecular formula is C15H12O4. The number of carbonyl (C=O) groups excluding carboxylic acids is 1. The lowest BCUT2D eigenvalue weighted by Crippen LogP contribution is -2.11. The maximum Gasteiger partial charge on any atom is 0.341 e. The highest BCUT2D eigenvalue weighted by Gasteiger charge is 2.12. The van der Waals surface area contributed by atoms with E-state index in [4.69, 9.17) is 9.84 Å². The molecule has 0 saturated heterocycles. The number of para-hydroxylation sites is 1. The number of carboxylic acids is 1. The van der Waals surface area contributed by atoms with E-state index in [0.29, 0.717) is 23.2 Å². The molecule has 0 atom stereocenters. The third-order valence-corrected chi connectivity index (χ3v) is 2.60. The van der Waals surface area contributed by atoms with Crippen molar-refractivity contribution in [2.45, 2.75) is 0 Å². The van der Waals surface area contributed by atoms with Crippen molar-refractivity contribution in [3.8, 4) is 16.9 Å². The molecule has 0 radical (unpaired) electrons. The first kappa shape index (κ1) is 12.8. The standard InChI is InChI=1S/C15H12O4/c16-9-12-7-4-8-13(11-5-2-1-3-6-11)15(12)19-10-14(17)18/h1-9H,10H2,(H,17,18). The molecule has 2 rings (SSSR count). The van der Waals surface area contributed by atoms with Gasteiger partial charge >= 0.3 is 5.97 Å². The zero-order chi connectivity index (χ0) is 13.7. The fourth-order valence-electron chi connectivity index (χ4n) is 1.79. The summed E-state index contributed by atoms with van der Waals surface area (Å²) in [6.45, 7) is -0.481. The summed E-state index contributed by atoms with van der Waals surface area (Å²) in [5.74, 6) is -0.786. The highest BCUT2D eigenvalue weighted by molar-refractivity contribution is 5.86. The van der Waals surface area contributed by atoms with E-state index in [-0.39, 0.29) is 0 Å². The lowest BCUT2D eigenvalue weighted by atomic mass is 10.0. The minimum atomic E-state index is -1.08. The van der Waals surface area contributed by atoms with Crippen molar-refractivity contribution in [2.75, 3.05) is 6.61 Å². The monoisotopic (exact) mass is 256 g/mol. The normalized spacial score (nSPS) is 9.89. The first-order valence-corrected chi connectivity index (χ1v) is 5.70. The SMILES string of the molecule is O=Cc1cccc(-c2ccccc2)c1OCC(=O)O. The van der Waals surface area contributed by atoms with E-state index in [2.05, 4.69) is 0 Å². The Hall–Kier alpha value is -2.62. The Bertz CT molecular complexity index is 590. The van der Waals surface area contributed by atoms with Crippen LogP contribution in [0, 0.1) is 0 Å². The molecule has 0 heterocycles. The van der Waals surface area contributed by atoms with Crippen LogP contribution in [0.25, 0.3) is 11.1 Å². The summed E-state index contributed by atoms with van der Waals surface area (Å²) in [7, 11) is 0. The molecule has 19 heavy (non-hydrogen) atoms. The third kappa shape index (κ3) is 2.98. The molecule has 4 heteroatoms. The van der Waals surface area contributed by atoms with Crippen LogP contribution in [0.2, 0.25) is 0 Å². The summed E-state index contributed by atoms with van der Waals surface area (Å²) in [6, 6.07) is 14.5. The van der Waals surface area contributed by atoms with Crippen molar-refractivity contribution >= 4 is 12.3 Å². The van der Waals surface area contributed by atoms with Gasteiger partial charge in [0.25, 0.3) is 0 Å². The molecule has 0 aliphatic rings. The van der Waals surface area contributed by atoms with Crippen molar-refractivity contribution in [1.29, 1.82) is 0 Å². The zero-order valence-corrected chi connectivity index (χ0v) is 10.1. The lowest BCUT2D eigenvalue weighted by Gasteiger charge is -2.12. The summed E-state index contributed by atoms with van der Waals surface area (Å²) in [4.78, 5) is 21.6. The van der Waals surface area contributed by atoms with Gasteiger partial charge in [0, 0.05) is 5.56 Å². The molecular weight excluding hydrogens is 244 g/mol. The number of benzene rings is 2. The maximum atomic E-state index is 11.0. The molecule has 2 aromatic carbocycles. The molecule has 2 aromatic rings. The highest BCUT2D eigenvalue weighted by Crippen LogP contribution is 2.32. The summed E-state index contributed by atoms with van der Waals surface area (Å²) in [5.41, 5.74) is 1.90. The quantitative estimate of drug-likeness (QED) is 0.835. The van der Waals surface area contributed by atoms with Crippen LogP contribution in [-0.4, -0.2) is 24.0 Å². The van der Waals surface area contributed by atoms with E-state index in [1.165, 1.54) is 0 Å². The minimum Gasteiger partial charge on any atom is -0.481 e. The molecule has 96 valence electrons. The van der Waals surface area contributed by atoms with Gasteiger partial charge in [0.15, 0.2) is 12.9 Å². The molecule has 0 unspecified atom stereocenters. The van der Waals surface area contributed by atoms with Gasteiger partial charge in [0.05, 0.1) is 5.56 Å². The predicted octanol–water partition coefficient (Wildman–Crippen LogP) is 2.63. The number of aldehydes is 1. The van der Waals surface area contributed by atoms with Gasteiger partial charge in [-0.05, 0) is 11.6 Å². The number of aliphatic carboxylic acids is 1. The Balaban J connectivity index is 2.48. The van der Waals surface area contributed by atoms with Crippen molar-refractivity contribution in [2.24, 2.45) is 0 Å². The summed E-state index contributed by atoms with van der Waals surface area (Å²) >= 11 is 0. The number of carboxylic acid groups (broad SMARTS) is 1. The second-order valence-corrected chi connectivity index (χ2v) is 3.89. The van der Waals surface area contributed by atoms with Gasteiger partial charge in [-0.25, -0.2) is 4.79 Å². The Kier molecular flexibility index (Phi) is 3.93. The number of rotatable bonds is 5. The van der Waals surface area contributed by atoms with Crippen LogP contribution in [0.1, 0.15) is 10.4 Å². The largest absolute Gasteiger partial charge is 0.481 e. The molecule has 0 spiro atoms. The second kappa shape index (κ2) is 5.82. The predicted molar refractivity (Wildman–Crippen MR) is 70.4 cm³/mol. The second-order valence-electron chi connectivity index (χ2n) is 3.89. The summed E-state index contributed by atoms with van der Waals surface area (Å²) < 4.78 is 5.24. The topological polar surface area (TPSA) is 63.6 Å². The fourth-order valence-corrected chi connectivity index (χ4v) is 1.79. The van der Waals surface area contributed by atoms with Crippen molar-refractivity contribution in [3.63, 3.8) is 0 Å². The van der Waals surface area contributed by atoms with Gasteiger partial charge in [-0.1, -0.05) is 42.5 Å². The molecule has 0 aliphatic heterocycles. The van der Waals surface area contributed by atoms with Gasteiger partial charge in [0.2, 0.25) is 0 Å². The first-order chi connectivity index (χ1) is 9.22. The Morgan fingerprint density at radius 3 is 2.47 bits per heavy atom. The highest BCUT2D eigenvalue weighted by atomic mass is 16.5. The molecule has 0 aromatic heterocycles. The lowest BCUT2D eigenvalue weighted by molar-refractivity contribution is -0.139. The molecule has 0 aliphatic carbocycles. The van der Waals surface area contributed by atoms with Crippen molar-refractivity contribution in [3.05, 3.63) is 54.1 Å². The van der Waals surface area contributed by atoms with Crippen LogP contribution >= 0.6 is 0 Å². The first-order valence-electron chi connectivity index (χ1n) is 5.70. The average molecular weight is 256 g/mol. The summed E-state index contributed by atoms with van der Waals surface area (Å²) in [5, 5.41) is 8.69. The molecule has 1 N–H and O–H groups in total. The van der Waals surface area contributed by atoms with Crippen molar-refractivity contribution in [1.82, 2.24) is 0 Å². The van der Waals surface area contributed by atoms with Gasteiger partial charge in [0.1, 0.15) is 5.75 Å². The maximum absolute atomic E-state index is 11.0. The van der Waals surface area contributed by atoms with Gasteiger partial charge in [-0.15, -0.1) is 0 Å². The smallest absolute Gasteiger partial charge is 0.341 e. The zero-order valence-electron chi connectivity index (χ0n) is 10.1. The van der Waals surface area contributed by atoms with E-state index in [0.717, 1.165) is 5.56 Å². The van der Waals surface area contributed by atoms with Gasteiger partial charge in [-0.2, -0.15) is 0 Å². The van der Waals surface area contributed by atoms with Crippen LogP contribution in [0.4, 0.5) is 0 Å². The van der Waals surface area contributed by atoms with Crippen LogP contribution in [0.5, 0.6) is 5.75 Å². The molecule has 0 saturated carbocycles. The van der Waals surface area contributed by atoms with Crippen LogP contribution < -0.4 is 4.74 Å². The molecule has 0 bridgehead atoms. The number of carbonyl (C=O) groups is 2. The van der Waals surface area contributed by atoms with E-state index < -0.39 is 12.6 Å². The number of hydrogen-bond acceptors (Lipinski definition) is 3. The fraction of sp³-hybridized carbons (Fsp3) is 0.0667. The average Bonchev–Trinajstić information content (AvgIpc) is 2.45. The van der Waals surface area contributed by atoms with Gasteiger partial charge < -0.3 is 9.84 Å². The molecule has 0 amide bonds. The summed E-state index contributed by atoms with van der Waals surface area (Å²) in [6.07, 6.45) is 0.656. The third-order valence-electron chi connectivity index (χ3n) is 2.60. The van der Waals surface area contributed by atoms with Crippen LogP contribution in [-0.2, 0) is 4.79 Å². The number of hydrogen-bond donors (Lipinski definition) is 1. The Morgan fingerprint density at radius 2 is 1.84 bits per heavy atom.